The summed E-state index contributed by atoms with van der Waals surface area (Å²) >= 11 is 0. The van der Waals surface area contributed by atoms with Crippen molar-refractivity contribution in [2.45, 2.75) is 18.9 Å². The van der Waals surface area contributed by atoms with E-state index in [2.05, 4.69) is 0 Å². The third-order valence-corrected chi connectivity index (χ3v) is 1.69. The van der Waals surface area contributed by atoms with Crippen molar-refractivity contribution in [2.75, 3.05) is 26.3 Å². The van der Waals surface area contributed by atoms with Gasteiger partial charge >= 0.3 is 11.9 Å². The Morgan fingerprint density at radius 2 is 1.31 bits per heavy atom. The lowest BCUT2D eigenvalue weighted by atomic mass is 10.3. The van der Waals surface area contributed by atoms with Gasteiger partial charge in [0.1, 0.15) is 0 Å². The minimum atomic E-state index is -1.39. The van der Waals surface area contributed by atoms with E-state index in [9.17, 15) is 9.59 Å². The largest absolute Gasteiger partial charge is 0.464 e. The van der Waals surface area contributed by atoms with Gasteiger partial charge in [-0.3, -0.25) is 0 Å². The Balaban J connectivity index is 3.78. The second kappa shape index (κ2) is 9.08. The van der Waals surface area contributed by atoms with Crippen molar-refractivity contribution in [3.8, 4) is 0 Å². The fourth-order valence-electron chi connectivity index (χ4n) is 0.788. The van der Waals surface area contributed by atoms with Crippen LogP contribution in [0.2, 0.25) is 0 Å². The highest BCUT2D eigenvalue weighted by Gasteiger charge is 2.24. The molecule has 7 heteroatoms. The van der Waals surface area contributed by atoms with E-state index in [1.54, 1.807) is 0 Å². The highest BCUT2D eigenvalue weighted by Crippen LogP contribution is 1.92. The van der Waals surface area contributed by atoms with Crippen LogP contribution in [0.15, 0.2) is 0 Å². The molecule has 0 rings (SSSR count). The zero-order chi connectivity index (χ0) is 12.4. The third-order valence-electron chi connectivity index (χ3n) is 1.69. The molecule has 0 aromatic heterocycles. The fourth-order valence-corrected chi connectivity index (χ4v) is 0.788. The van der Waals surface area contributed by atoms with E-state index in [4.69, 9.17) is 26.7 Å². The van der Waals surface area contributed by atoms with Gasteiger partial charge in [-0.2, -0.15) is 0 Å². The highest BCUT2D eigenvalue weighted by molar-refractivity contribution is 5.98. The molecule has 0 aromatic carbocycles. The van der Waals surface area contributed by atoms with Gasteiger partial charge < -0.3 is 26.7 Å². The van der Waals surface area contributed by atoms with Crippen molar-refractivity contribution in [2.24, 2.45) is 17.2 Å². The van der Waals surface area contributed by atoms with Crippen LogP contribution in [0.4, 0.5) is 0 Å². The Morgan fingerprint density at radius 1 is 0.938 bits per heavy atom. The van der Waals surface area contributed by atoms with Crippen LogP contribution >= 0.6 is 0 Å². The van der Waals surface area contributed by atoms with Gasteiger partial charge in [0, 0.05) is 0 Å². The van der Waals surface area contributed by atoms with Crippen molar-refractivity contribution in [1.29, 1.82) is 0 Å². The summed E-state index contributed by atoms with van der Waals surface area (Å²) in [4.78, 5) is 22.4. The molecule has 0 fully saturated rings. The molecule has 0 aliphatic heterocycles. The maximum Gasteiger partial charge on any atom is 0.334 e. The Morgan fingerprint density at radius 3 is 1.62 bits per heavy atom. The molecule has 0 saturated carbocycles. The minimum absolute atomic E-state index is 0.152. The summed E-state index contributed by atoms with van der Waals surface area (Å²) in [6, 6.07) is -1.39. The molecule has 0 aliphatic rings. The van der Waals surface area contributed by atoms with Gasteiger partial charge in [-0.05, 0) is 25.9 Å². The Hall–Kier alpha value is -1.18. The molecule has 0 unspecified atom stereocenters. The average Bonchev–Trinajstić information content (AvgIpc) is 2.28. The molecule has 0 aliphatic carbocycles. The van der Waals surface area contributed by atoms with Gasteiger partial charge in [-0.15, -0.1) is 0 Å². The fraction of sp³-hybridized carbons (Fsp3) is 0.778. The molecule has 7 nitrogen and oxygen atoms in total. The molecule has 94 valence electrons. The topological polar surface area (TPSA) is 131 Å². The van der Waals surface area contributed by atoms with Crippen LogP contribution in [0, 0.1) is 0 Å². The molecule has 0 amide bonds. The monoisotopic (exact) mass is 233 g/mol. The molecule has 0 saturated heterocycles. The zero-order valence-electron chi connectivity index (χ0n) is 9.19. The molecule has 0 aromatic rings. The van der Waals surface area contributed by atoms with Crippen LogP contribution in [0.5, 0.6) is 0 Å². The predicted octanol–water partition coefficient (Wildman–Crippen LogP) is -1.90. The standard InChI is InChI=1S/C9H19N3O4/c10-3-1-5-15-8(13)7(12)9(14)16-6-2-4-11/h7H,1-6,10-12H2. The first-order chi connectivity index (χ1) is 7.63. The summed E-state index contributed by atoms with van der Waals surface area (Å²) in [7, 11) is 0. The highest BCUT2D eigenvalue weighted by atomic mass is 16.6. The van der Waals surface area contributed by atoms with Gasteiger partial charge in [0.05, 0.1) is 13.2 Å². The lowest BCUT2D eigenvalue weighted by molar-refractivity contribution is -0.157. The van der Waals surface area contributed by atoms with Crippen molar-refractivity contribution in [1.82, 2.24) is 0 Å². The van der Waals surface area contributed by atoms with Crippen molar-refractivity contribution in [3.63, 3.8) is 0 Å². The maximum atomic E-state index is 11.2. The van der Waals surface area contributed by atoms with Gasteiger partial charge in [0.15, 0.2) is 0 Å². The minimum Gasteiger partial charge on any atom is -0.464 e. The summed E-state index contributed by atoms with van der Waals surface area (Å²) in [6.07, 6.45) is 1.06. The van der Waals surface area contributed by atoms with E-state index in [0.717, 1.165) is 0 Å². The lowest BCUT2D eigenvalue weighted by Gasteiger charge is -2.10. The molecular formula is C9H19N3O4. The van der Waals surface area contributed by atoms with Gasteiger partial charge in [0.25, 0.3) is 0 Å². The number of hydrogen-bond donors (Lipinski definition) is 3. The molecule has 0 atom stereocenters. The molecule has 0 radical (unpaired) electrons. The maximum absolute atomic E-state index is 11.2. The summed E-state index contributed by atoms with van der Waals surface area (Å²) in [5, 5.41) is 0. The van der Waals surface area contributed by atoms with E-state index in [-0.39, 0.29) is 13.2 Å². The smallest absolute Gasteiger partial charge is 0.334 e. The number of esters is 2. The zero-order valence-corrected chi connectivity index (χ0v) is 9.19. The van der Waals surface area contributed by atoms with E-state index in [1.165, 1.54) is 0 Å². The number of carbonyl (C=O) groups excluding carboxylic acids is 2. The van der Waals surface area contributed by atoms with Crippen LogP contribution in [-0.4, -0.2) is 44.3 Å². The van der Waals surface area contributed by atoms with Crippen LogP contribution in [0.25, 0.3) is 0 Å². The van der Waals surface area contributed by atoms with E-state index >= 15 is 0 Å². The average molecular weight is 233 g/mol. The van der Waals surface area contributed by atoms with Crippen molar-refractivity contribution in [3.05, 3.63) is 0 Å². The van der Waals surface area contributed by atoms with E-state index in [1.807, 2.05) is 0 Å². The number of hydrogen-bond acceptors (Lipinski definition) is 7. The van der Waals surface area contributed by atoms with Crippen LogP contribution in [-0.2, 0) is 19.1 Å². The predicted molar refractivity (Wildman–Crippen MR) is 57.2 cm³/mol. The SMILES string of the molecule is NCCCOC(=O)C(N)C(=O)OCCCN. The van der Waals surface area contributed by atoms with Crippen LogP contribution in [0.3, 0.4) is 0 Å². The molecule has 0 bridgehead atoms. The number of nitrogens with two attached hydrogens (primary N) is 3. The normalized spacial score (nSPS) is 10.2. The first kappa shape index (κ1) is 14.8. The van der Waals surface area contributed by atoms with E-state index < -0.39 is 18.0 Å². The first-order valence-electron chi connectivity index (χ1n) is 5.12. The summed E-state index contributed by atoms with van der Waals surface area (Å²) in [5.74, 6) is -1.60. The summed E-state index contributed by atoms with van der Waals surface area (Å²) in [6.45, 7) is 1.12. The Labute approximate surface area is 94.2 Å². The lowest BCUT2D eigenvalue weighted by Crippen LogP contribution is -2.41. The van der Waals surface area contributed by atoms with Gasteiger partial charge in [-0.25, -0.2) is 9.59 Å². The summed E-state index contributed by atoms with van der Waals surface area (Å²) < 4.78 is 9.40. The molecule has 0 heterocycles. The molecule has 6 N–H and O–H groups in total. The first-order valence-corrected chi connectivity index (χ1v) is 5.12. The number of carbonyl (C=O) groups is 2. The van der Waals surface area contributed by atoms with Crippen LogP contribution < -0.4 is 17.2 Å². The second-order valence-corrected chi connectivity index (χ2v) is 3.10. The molecule has 16 heavy (non-hydrogen) atoms. The Kier molecular flexibility index (Phi) is 8.41. The van der Waals surface area contributed by atoms with Crippen molar-refractivity contribution < 1.29 is 19.1 Å². The van der Waals surface area contributed by atoms with Gasteiger partial charge in [-0.1, -0.05) is 0 Å². The van der Waals surface area contributed by atoms with Crippen LogP contribution in [0.1, 0.15) is 12.8 Å². The second-order valence-electron chi connectivity index (χ2n) is 3.10. The molecule has 0 spiro atoms. The molecular weight excluding hydrogens is 214 g/mol. The van der Waals surface area contributed by atoms with Crippen molar-refractivity contribution >= 4 is 11.9 Å². The van der Waals surface area contributed by atoms with Gasteiger partial charge in [0.2, 0.25) is 6.04 Å². The van der Waals surface area contributed by atoms with E-state index in [0.29, 0.717) is 25.9 Å². The third kappa shape index (κ3) is 6.33. The quantitative estimate of drug-likeness (QED) is 0.253. The number of ether oxygens (including phenoxy) is 2. The summed E-state index contributed by atoms with van der Waals surface area (Å²) in [5.41, 5.74) is 15.7. The number of rotatable bonds is 8. The Bertz CT molecular complexity index is 201.